The van der Waals surface area contributed by atoms with Crippen LogP contribution in [0.15, 0.2) is 24.3 Å². The molecule has 0 saturated carbocycles. The molecular formula is C10H15FN2O2S. The minimum Gasteiger partial charge on any atom is -0.329 e. The van der Waals surface area contributed by atoms with Crippen molar-refractivity contribution in [3.8, 4) is 0 Å². The van der Waals surface area contributed by atoms with Crippen LogP contribution in [-0.2, 0) is 15.8 Å². The molecule has 0 aliphatic carbocycles. The zero-order valence-electron chi connectivity index (χ0n) is 8.98. The Hall–Kier alpha value is -0.980. The summed E-state index contributed by atoms with van der Waals surface area (Å²) in [5, 5.41) is 0. The number of rotatable bonds is 5. The van der Waals surface area contributed by atoms with E-state index in [0.29, 0.717) is 5.56 Å². The molecule has 1 aromatic rings. The molecule has 3 N–H and O–H groups in total. The number of hydrogen-bond donors (Lipinski definition) is 2. The summed E-state index contributed by atoms with van der Waals surface area (Å²) >= 11 is 0. The smallest absolute Gasteiger partial charge is 0.216 e. The number of halogens is 1. The molecule has 0 aliphatic rings. The Labute approximate surface area is 94.7 Å². The van der Waals surface area contributed by atoms with E-state index in [1.807, 2.05) is 0 Å². The summed E-state index contributed by atoms with van der Waals surface area (Å²) < 4.78 is 38.2. The van der Waals surface area contributed by atoms with E-state index >= 15 is 0 Å². The van der Waals surface area contributed by atoms with Gasteiger partial charge in [0.25, 0.3) is 0 Å². The molecule has 0 fully saturated rings. The standard InChI is InChI=1S/C10H15FN2O2S/c1-8(6-12)13-16(14,15)7-9-2-4-10(11)5-3-9/h2-5,8,13H,6-7,12H2,1H3. The Kier molecular flexibility index (Phi) is 4.40. The Morgan fingerprint density at radius 1 is 1.38 bits per heavy atom. The van der Waals surface area contributed by atoms with Crippen molar-refractivity contribution < 1.29 is 12.8 Å². The van der Waals surface area contributed by atoms with E-state index in [0.717, 1.165) is 0 Å². The fourth-order valence-corrected chi connectivity index (χ4v) is 2.62. The Morgan fingerprint density at radius 2 is 1.94 bits per heavy atom. The number of nitrogens with two attached hydrogens (primary N) is 1. The van der Waals surface area contributed by atoms with Gasteiger partial charge in [-0.05, 0) is 24.6 Å². The monoisotopic (exact) mass is 246 g/mol. The van der Waals surface area contributed by atoms with Gasteiger partial charge < -0.3 is 5.73 Å². The third kappa shape index (κ3) is 4.26. The molecule has 0 spiro atoms. The van der Waals surface area contributed by atoms with Crippen LogP contribution >= 0.6 is 0 Å². The second-order valence-corrected chi connectivity index (χ2v) is 5.39. The van der Waals surface area contributed by atoms with E-state index in [1.165, 1.54) is 24.3 Å². The summed E-state index contributed by atoms with van der Waals surface area (Å²) in [6, 6.07) is 5.06. The molecule has 0 amide bonds. The second kappa shape index (κ2) is 5.38. The second-order valence-electron chi connectivity index (χ2n) is 3.64. The quantitative estimate of drug-likeness (QED) is 0.798. The fraction of sp³-hybridized carbons (Fsp3) is 0.400. The van der Waals surface area contributed by atoms with Crippen LogP contribution in [0.4, 0.5) is 4.39 Å². The maximum atomic E-state index is 12.6. The average molecular weight is 246 g/mol. The Balaban J connectivity index is 2.69. The van der Waals surface area contributed by atoms with Gasteiger partial charge in [-0.1, -0.05) is 12.1 Å². The van der Waals surface area contributed by atoms with E-state index in [4.69, 9.17) is 5.73 Å². The summed E-state index contributed by atoms with van der Waals surface area (Å²) in [6.45, 7) is 1.92. The highest BCUT2D eigenvalue weighted by molar-refractivity contribution is 7.88. The Bertz CT molecular complexity index is 431. The molecule has 1 atom stereocenters. The maximum absolute atomic E-state index is 12.6. The van der Waals surface area contributed by atoms with Gasteiger partial charge in [-0.25, -0.2) is 17.5 Å². The van der Waals surface area contributed by atoms with Gasteiger partial charge in [0.2, 0.25) is 10.0 Å². The van der Waals surface area contributed by atoms with Crippen LogP contribution in [0.2, 0.25) is 0 Å². The molecule has 1 unspecified atom stereocenters. The predicted octanol–water partition coefficient (Wildman–Crippen LogP) is 0.592. The van der Waals surface area contributed by atoms with E-state index in [9.17, 15) is 12.8 Å². The Morgan fingerprint density at radius 3 is 2.44 bits per heavy atom. The summed E-state index contributed by atoms with van der Waals surface area (Å²) in [5.74, 6) is -0.554. The molecule has 0 aliphatic heterocycles. The largest absolute Gasteiger partial charge is 0.329 e. The normalized spacial score (nSPS) is 13.7. The lowest BCUT2D eigenvalue weighted by Crippen LogP contribution is -2.38. The summed E-state index contributed by atoms with van der Waals surface area (Å²) in [5.41, 5.74) is 5.86. The molecule has 1 aromatic carbocycles. The SMILES string of the molecule is CC(CN)NS(=O)(=O)Cc1ccc(F)cc1. The van der Waals surface area contributed by atoms with Gasteiger partial charge in [0.1, 0.15) is 5.82 Å². The minimum atomic E-state index is -3.41. The maximum Gasteiger partial charge on any atom is 0.216 e. The van der Waals surface area contributed by atoms with Gasteiger partial charge in [-0.3, -0.25) is 0 Å². The molecule has 16 heavy (non-hydrogen) atoms. The minimum absolute atomic E-state index is 0.169. The van der Waals surface area contributed by atoms with Gasteiger partial charge in [-0.2, -0.15) is 0 Å². The number of hydrogen-bond acceptors (Lipinski definition) is 3. The lowest BCUT2D eigenvalue weighted by molar-refractivity contribution is 0.561. The van der Waals surface area contributed by atoms with Crippen LogP contribution in [0, 0.1) is 5.82 Å². The molecule has 0 heterocycles. The fourth-order valence-electron chi connectivity index (χ4n) is 1.20. The van der Waals surface area contributed by atoms with Gasteiger partial charge in [-0.15, -0.1) is 0 Å². The van der Waals surface area contributed by atoms with Crippen molar-refractivity contribution in [2.75, 3.05) is 6.54 Å². The number of nitrogens with one attached hydrogen (secondary N) is 1. The molecule has 0 radical (unpaired) electrons. The zero-order chi connectivity index (χ0) is 12.2. The molecule has 90 valence electrons. The molecule has 0 saturated heterocycles. The van der Waals surface area contributed by atoms with Crippen molar-refractivity contribution in [1.82, 2.24) is 4.72 Å². The third-order valence-electron chi connectivity index (χ3n) is 2.00. The van der Waals surface area contributed by atoms with Crippen LogP contribution in [0.3, 0.4) is 0 Å². The summed E-state index contributed by atoms with van der Waals surface area (Å²) in [4.78, 5) is 0. The third-order valence-corrected chi connectivity index (χ3v) is 3.48. The van der Waals surface area contributed by atoms with Crippen molar-refractivity contribution >= 4 is 10.0 Å². The van der Waals surface area contributed by atoms with Gasteiger partial charge in [0.05, 0.1) is 5.75 Å². The van der Waals surface area contributed by atoms with E-state index < -0.39 is 10.0 Å². The summed E-state index contributed by atoms with van der Waals surface area (Å²) in [7, 11) is -3.41. The van der Waals surface area contributed by atoms with Crippen LogP contribution in [0.5, 0.6) is 0 Å². The first kappa shape index (κ1) is 13.1. The molecular weight excluding hydrogens is 231 g/mol. The van der Waals surface area contributed by atoms with Crippen molar-refractivity contribution in [1.29, 1.82) is 0 Å². The zero-order valence-corrected chi connectivity index (χ0v) is 9.80. The lowest BCUT2D eigenvalue weighted by Gasteiger charge is -2.11. The first-order valence-corrected chi connectivity index (χ1v) is 6.52. The van der Waals surface area contributed by atoms with Crippen LogP contribution in [-0.4, -0.2) is 21.0 Å². The van der Waals surface area contributed by atoms with Gasteiger partial charge in [0, 0.05) is 12.6 Å². The number of sulfonamides is 1. The van der Waals surface area contributed by atoms with Crippen molar-refractivity contribution in [3.63, 3.8) is 0 Å². The first-order valence-electron chi connectivity index (χ1n) is 4.87. The predicted molar refractivity (Wildman–Crippen MR) is 60.7 cm³/mol. The van der Waals surface area contributed by atoms with E-state index in [2.05, 4.69) is 4.72 Å². The van der Waals surface area contributed by atoms with Crippen LogP contribution < -0.4 is 10.5 Å². The molecule has 0 aromatic heterocycles. The van der Waals surface area contributed by atoms with E-state index in [-0.39, 0.29) is 24.2 Å². The molecule has 1 rings (SSSR count). The van der Waals surface area contributed by atoms with Crippen molar-refractivity contribution in [2.45, 2.75) is 18.7 Å². The highest BCUT2D eigenvalue weighted by Crippen LogP contribution is 2.06. The van der Waals surface area contributed by atoms with Crippen LogP contribution in [0.25, 0.3) is 0 Å². The van der Waals surface area contributed by atoms with Crippen molar-refractivity contribution in [2.24, 2.45) is 5.73 Å². The van der Waals surface area contributed by atoms with Gasteiger partial charge in [0.15, 0.2) is 0 Å². The molecule has 0 bridgehead atoms. The van der Waals surface area contributed by atoms with E-state index in [1.54, 1.807) is 6.92 Å². The molecule has 6 heteroatoms. The average Bonchev–Trinajstić information content (AvgIpc) is 2.20. The highest BCUT2D eigenvalue weighted by atomic mass is 32.2. The van der Waals surface area contributed by atoms with Crippen molar-refractivity contribution in [3.05, 3.63) is 35.6 Å². The first-order chi connectivity index (χ1) is 7.43. The molecule has 4 nitrogen and oxygen atoms in total. The lowest BCUT2D eigenvalue weighted by atomic mass is 10.2. The topological polar surface area (TPSA) is 72.2 Å². The number of benzene rings is 1. The van der Waals surface area contributed by atoms with Gasteiger partial charge >= 0.3 is 0 Å². The summed E-state index contributed by atoms with van der Waals surface area (Å²) in [6.07, 6.45) is 0. The van der Waals surface area contributed by atoms with Crippen LogP contribution in [0.1, 0.15) is 12.5 Å². The highest BCUT2D eigenvalue weighted by Gasteiger charge is 2.14.